The number of thiophene rings is 1. The molecule has 0 atom stereocenters. The lowest BCUT2D eigenvalue weighted by molar-refractivity contribution is -0.112. The summed E-state index contributed by atoms with van der Waals surface area (Å²) in [6, 6.07) is 6.21. The number of aryl methyl sites for hydroxylation is 3. The molecule has 0 fully saturated rings. The fourth-order valence-electron chi connectivity index (χ4n) is 3.75. The first-order valence-corrected chi connectivity index (χ1v) is 10.8. The number of hydrogen-bond acceptors (Lipinski definition) is 3. The van der Waals surface area contributed by atoms with Crippen LogP contribution in [0.2, 0.25) is 0 Å². The molecular formula is C21H23NOS2. The van der Waals surface area contributed by atoms with Gasteiger partial charge < -0.3 is 5.32 Å². The molecule has 0 radical (unpaired) electrons. The maximum absolute atomic E-state index is 12.8. The highest BCUT2D eigenvalue weighted by atomic mass is 32.2. The maximum atomic E-state index is 12.8. The number of thioether (sulfide) groups is 1. The molecule has 2 nitrogen and oxygen atoms in total. The summed E-state index contributed by atoms with van der Waals surface area (Å²) in [6.07, 6.45) is 8.10. The van der Waals surface area contributed by atoms with E-state index in [0.29, 0.717) is 0 Å². The van der Waals surface area contributed by atoms with Crippen molar-refractivity contribution in [3.63, 3.8) is 0 Å². The predicted octanol–water partition coefficient (Wildman–Crippen LogP) is 5.72. The molecule has 25 heavy (non-hydrogen) atoms. The predicted molar refractivity (Wildman–Crippen MR) is 109 cm³/mol. The smallest absolute Gasteiger partial charge is 0.262 e. The normalized spacial score (nSPS) is 16.0. The highest BCUT2D eigenvalue weighted by molar-refractivity contribution is 8.03. The van der Waals surface area contributed by atoms with Gasteiger partial charge in [0.2, 0.25) is 0 Å². The third-order valence-electron chi connectivity index (χ3n) is 5.15. The topological polar surface area (TPSA) is 29.1 Å². The Bertz CT molecular complexity index is 863. The molecule has 130 valence electrons. The molecule has 1 amide bonds. The Morgan fingerprint density at radius 3 is 2.88 bits per heavy atom. The Morgan fingerprint density at radius 1 is 1.20 bits per heavy atom. The molecule has 4 rings (SSSR count). The molecule has 0 saturated carbocycles. The first kappa shape index (κ1) is 16.9. The maximum Gasteiger partial charge on any atom is 0.262 e. The van der Waals surface area contributed by atoms with Gasteiger partial charge in [-0.2, -0.15) is 0 Å². The second-order valence-corrected chi connectivity index (χ2v) is 8.92. The number of amides is 1. The van der Waals surface area contributed by atoms with Crippen LogP contribution < -0.4 is 5.32 Å². The number of anilines is 1. The number of nitrogens with one attached hydrogen (secondary N) is 1. The van der Waals surface area contributed by atoms with E-state index in [1.807, 2.05) is 11.3 Å². The lowest BCUT2D eigenvalue weighted by Gasteiger charge is -2.18. The largest absolute Gasteiger partial charge is 0.321 e. The first-order chi connectivity index (χ1) is 12.2. The van der Waals surface area contributed by atoms with Gasteiger partial charge in [0, 0.05) is 21.2 Å². The third kappa shape index (κ3) is 3.18. The van der Waals surface area contributed by atoms with Crippen molar-refractivity contribution in [1.29, 1.82) is 0 Å². The van der Waals surface area contributed by atoms with Gasteiger partial charge >= 0.3 is 0 Å². The van der Waals surface area contributed by atoms with Crippen molar-refractivity contribution in [2.75, 3.05) is 5.32 Å². The van der Waals surface area contributed by atoms with Crippen molar-refractivity contribution in [2.24, 2.45) is 0 Å². The summed E-state index contributed by atoms with van der Waals surface area (Å²) < 4.78 is 0. The zero-order chi connectivity index (χ0) is 17.4. The van der Waals surface area contributed by atoms with E-state index in [9.17, 15) is 4.79 Å². The molecule has 0 bridgehead atoms. The molecule has 0 saturated heterocycles. The van der Waals surface area contributed by atoms with Gasteiger partial charge in [-0.15, -0.1) is 23.1 Å². The van der Waals surface area contributed by atoms with Crippen LogP contribution in [0.1, 0.15) is 51.8 Å². The van der Waals surface area contributed by atoms with Gasteiger partial charge in [-0.1, -0.05) is 25.1 Å². The van der Waals surface area contributed by atoms with E-state index in [0.717, 1.165) is 28.3 Å². The van der Waals surface area contributed by atoms with Gasteiger partial charge in [0.15, 0.2) is 0 Å². The zero-order valence-electron chi connectivity index (χ0n) is 14.8. The molecule has 1 aromatic heterocycles. The van der Waals surface area contributed by atoms with Crippen molar-refractivity contribution in [3.05, 3.63) is 55.1 Å². The highest BCUT2D eigenvalue weighted by Gasteiger charge is 2.25. The molecule has 0 unspecified atom stereocenters. The van der Waals surface area contributed by atoms with Crippen molar-refractivity contribution >= 4 is 40.8 Å². The number of rotatable bonds is 3. The fourth-order valence-corrected chi connectivity index (χ4v) is 6.28. The van der Waals surface area contributed by atoms with Crippen LogP contribution in [0.25, 0.3) is 6.08 Å². The van der Waals surface area contributed by atoms with Gasteiger partial charge in [-0.25, -0.2) is 0 Å². The van der Waals surface area contributed by atoms with Crippen molar-refractivity contribution in [1.82, 2.24) is 0 Å². The Balaban J connectivity index is 1.61. The molecule has 2 aromatic rings. The molecule has 4 heteroatoms. The third-order valence-corrected chi connectivity index (χ3v) is 7.48. The summed E-state index contributed by atoms with van der Waals surface area (Å²) in [5, 5.41) is 3.17. The summed E-state index contributed by atoms with van der Waals surface area (Å²) >= 11 is 3.59. The number of carbonyl (C=O) groups excluding carboxylic acids is 1. The number of fused-ring (bicyclic) bond motifs is 3. The number of para-hydroxylation sites is 1. The molecule has 0 spiro atoms. The van der Waals surface area contributed by atoms with E-state index in [-0.39, 0.29) is 5.91 Å². The van der Waals surface area contributed by atoms with E-state index in [4.69, 9.17) is 0 Å². The standard InChI is InChI=1S/C21H23NOS2/c1-3-14-8-6-7-13(2)20(14)22-21(23)19-11-18-16(12-24-19)15-9-4-5-10-17(15)25-18/h6-8,11H,3-5,9-10,12H2,1-2H3,(H,22,23). The van der Waals surface area contributed by atoms with Crippen LogP contribution >= 0.6 is 23.1 Å². The Hall–Kier alpha value is -1.52. The van der Waals surface area contributed by atoms with Crippen molar-refractivity contribution in [2.45, 2.75) is 51.7 Å². The van der Waals surface area contributed by atoms with E-state index in [1.54, 1.807) is 22.2 Å². The quantitative estimate of drug-likeness (QED) is 0.749. The number of hydrogen-bond donors (Lipinski definition) is 1. The molecular weight excluding hydrogens is 346 g/mol. The van der Waals surface area contributed by atoms with Crippen molar-refractivity contribution < 1.29 is 4.79 Å². The van der Waals surface area contributed by atoms with Crippen LogP contribution in [-0.2, 0) is 29.8 Å². The minimum absolute atomic E-state index is 0.0334. The highest BCUT2D eigenvalue weighted by Crippen LogP contribution is 2.42. The van der Waals surface area contributed by atoms with E-state index < -0.39 is 0 Å². The molecule has 1 aliphatic carbocycles. The molecule has 2 heterocycles. The van der Waals surface area contributed by atoms with Gasteiger partial charge in [-0.3, -0.25) is 4.79 Å². The minimum atomic E-state index is 0.0334. The second kappa shape index (κ2) is 7.00. The summed E-state index contributed by atoms with van der Waals surface area (Å²) in [6.45, 7) is 4.18. The number of benzene rings is 1. The summed E-state index contributed by atoms with van der Waals surface area (Å²) in [5.74, 6) is 0.973. The summed E-state index contributed by atoms with van der Waals surface area (Å²) in [7, 11) is 0. The molecule has 1 N–H and O–H groups in total. The minimum Gasteiger partial charge on any atom is -0.321 e. The lowest BCUT2D eigenvalue weighted by atomic mass is 9.95. The Kier molecular flexibility index (Phi) is 4.74. The Morgan fingerprint density at radius 2 is 2.04 bits per heavy atom. The van der Waals surface area contributed by atoms with Gasteiger partial charge in [0.25, 0.3) is 5.91 Å². The van der Waals surface area contributed by atoms with Gasteiger partial charge in [-0.05, 0) is 67.4 Å². The van der Waals surface area contributed by atoms with E-state index >= 15 is 0 Å². The van der Waals surface area contributed by atoms with Crippen molar-refractivity contribution in [3.8, 4) is 0 Å². The molecule has 1 aromatic carbocycles. The summed E-state index contributed by atoms with van der Waals surface area (Å²) in [5.41, 5.74) is 6.38. The van der Waals surface area contributed by atoms with E-state index in [2.05, 4.69) is 43.4 Å². The average molecular weight is 370 g/mol. The zero-order valence-corrected chi connectivity index (χ0v) is 16.4. The van der Waals surface area contributed by atoms with Crippen LogP contribution in [0.4, 0.5) is 5.69 Å². The monoisotopic (exact) mass is 369 g/mol. The van der Waals surface area contributed by atoms with E-state index in [1.165, 1.54) is 41.7 Å². The number of carbonyl (C=O) groups is 1. The lowest BCUT2D eigenvalue weighted by Crippen LogP contribution is -2.16. The van der Waals surface area contributed by atoms with Crippen LogP contribution in [0.15, 0.2) is 23.1 Å². The van der Waals surface area contributed by atoms with Crippen LogP contribution in [-0.4, -0.2) is 5.91 Å². The van der Waals surface area contributed by atoms with Crippen LogP contribution in [0.3, 0.4) is 0 Å². The van der Waals surface area contributed by atoms with Crippen LogP contribution in [0, 0.1) is 6.92 Å². The first-order valence-electron chi connectivity index (χ1n) is 9.05. The average Bonchev–Trinajstić information content (AvgIpc) is 3.01. The van der Waals surface area contributed by atoms with Gasteiger partial charge in [0.1, 0.15) is 0 Å². The molecule has 1 aliphatic heterocycles. The fraction of sp³-hybridized carbons (Fsp3) is 0.381. The van der Waals surface area contributed by atoms with Crippen LogP contribution in [0.5, 0.6) is 0 Å². The van der Waals surface area contributed by atoms with Gasteiger partial charge in [0.05, 0.1) is 4.91 Å². The SMILES string of the molecule is CCc1cccc(C)c1NC(=O)C1=Cc2sc3c(c2CS1)CCCC3. The second-order valence-electron chi connectivity index (χ2n) is 6.77. The summed E-state index contributed by atoms with van der Waals surface area (Å²) in [4.78, 5) is 16.6. The Labute approximate surface area is 157 Å². The molecule has 2 aliphatic rings.